The molecule has 0 spiro atoms. The molecular formula is C24H23N9O5S3. The summed E-state index contributed by atoms with van der Waals surface area (Å²) >= 11 is 3.74. The number of β-lactam (4-membered cyclic amide) rings is 1. The van der Waals surface area contributed by atoms with Gasteiger partial charge in [-0.1, -0.05) is 53.3 Å². The number of hydrogen-bond acceptors (Lipinski definition) is 13. The minimum absolute atomic E-state index is 0.105. The number of thiazole rings is 1. The molecule has 3 aromatic rings. The number of hydrogen-bond donors (Lipinski definition) is 3. The predicted molar refractivity (Wildman–Crippen MR) is 153 cm³/mol. The Kier molecular flexibility index (Phi) is 8.65. The standard InChI is InChI=1S/C24H23N9O5S3/c1-2-8-32-24(28-30-31-32)41-11-14-10-39-21-17(20(35)33(21)18(14)22(36)37)27-19(34)16(15-12-40-23(25)26-15)29-38-9-13-6-4-3-5-7-13/h2-7,12,17,21H,1,8-11H2,(H2,25,26)(H,27,34)(H,36,37)/t17?,21-/m0/s1. The number of fused-ring (bicyclic) bond motifs is 1. The lowest BCUT2D eigenvalue weighted by Gasteiger charge is -2.49. The monoisotopic (exact) mass is 613 g/mol. The van der Waals surface area contributed by atoms with E-state index in [0.717, 1.165) is 16.9 Å². The molecule has 212 valence electrons. The quantitative estimate of drug-likeness (QED) is 0.0875. The Morgan fingerprint density at radius 2 is 2.15 bits per heavy atom. The van der Waals surface area contributed by atoms with Gasteiger partial charge in [0.05, 0.1) is 6.54 Å². The summed E-state index contributed by atoms with van der Waals surface area (Å²) in [5.74, 6) is -1.88. The van der Waals surface area contributed by atoms with Crippen LogP contribution in [0.1, 0.15) is 11.3 Å². The number of amides is 2. The van der Waals surface area contributed by atoms with Crippen molar-refractivity contribution in [2.75, 3.05) is 17.2 Å². The zero-order valence-electron chi connectivity index (χ0n) is 21.2. The zero-order chi connectivity index (χ0) is 28.9. The summed E-state index contributed by atoms with van der Waals surface area (Å²) in [5.41, 5.74) is 7.09. The summed E-state index contributed by atoms with van der Waals surface area (Å²) in [6, 6.07) is 8.30. The van der Waals surface area contributed by atoms with E-state index in [2.05, 4.69) is 37.6 Å². The molecule has 2 aliphatic heterocycles. The summed E-state index contributed by atoms with van der Waals surface area (Å²) in [4.78, 5) is 49.4. The van der Waals surface area contributed by atoms with Crippen LogP contribution in [0.4, 0.5) is 5.13 Å². The minimum atomic E-state index is -1.23. The Balaban J connectivity index is 1.29. The summed E-state index contributed by atoms with van der Waals surface area (Å²) in [6.07, 6.45) is 1.64. The number of nitrogens with two attached hydrogens (primary N) is 1. The van der Waals surface area contributed by atoms with Crippen molar-refractivity contribution in [2.24, 2.45) is 5.16 Å². The second kappa shape index (κ2) is 12.5. The highest BCUT2D eigenvalue weighted by Gasteiger charge is 2.54. The first-order valence-corrected chi connectivity index (χ1v) is 14.9. The number of nitrogens with zero attached hydrogens (tertiary/aromatic N) is 7. The molecule has 17 heteroatoms. The van der Waals surface area contributed by atoms with Gasteiger partial charge in [-0.15, -0.1) is 34.8 Å². The third kappa shape index (κ3) is 6.10. The molecule has 2 amide bonds. The molecule has 1 unspecified atom stereocenters. The van der Waals surface area contributed by atoms with Crippen LogP contribution in [0.3, 0.4) is 0 Å². The Morgan fingerprint density at radius 3 is 2.85 bits per heavy atom. The highest BCUT2D eigenvalue weighted by Crippen LogP contribution is 2.41. The molecule has 4 heterocycles. The maximum atomic E-state index is 13.3. The lowest BCUT2D eigenvalue weighted by molar-refractivity contribution is -0.150. The maximum Gasteiger partial charge on any atom is 0.352 e. The van der Waals surface area contributed by atoms with E-state index in [1.807, 2.05) is 30.3 Å². The number of thioether (sulfide) groups is 2. The van der Waals surface area contributed by atoms with Gasteiger partial charge in [-0.3, -0.25) is 14.5 Å². The summed E-state index contributed by atoms with van der Waals surface area (Å²) in [5, 5.41) is 29.8. The number of tetrazole rings is 1. The fraction of sp³-hybridized carbons (Fsp3) is 0.250. The van der Waals surface area contributed by atoms with Gasteiger partial charge in [0, 0.05) is 16.9 Å². The first-order chi connectivity index (χ1) is 19.9. The van der Waals surface area contributed by atoms with Crippen molar-refractivity contribution in [3.8, 4) is 0 Å². The number of benzene rings is 1. The van der Waals surface area contributed by atoms with Crippen LogP contribution in [0.5, 0.6) is 0 Å². The second-order valence-corrected chi connectivity index (χ2v) is 11.5. The Morgan fingerprint density at radius 1 is 1.34 bits per heavy atom. The maximum absolute atomic E-state index is 13.3. The fourth-order valence-electron chi connectivity index (χ4n) is 4.04. The van der Waals surface area contributed by atoms with Gasteiger partial charge in [0.25, 0.3) is 11.8 Å². The van der Waals surface area contributed by atoms with Crippen molar-refractivity contribution in [1.82, 2.24) is 35.4 Å². The summed E-state index contributed by atoms with van der Waals surface area (Å²) in [6.45, 7) is 4.18. The van der Waals surface area contributed by atoms with E-state index in [9.17, 15) is 19.5 Å². The van der Waals surface area contributed by atoms with Gasteiger partial charge in [-0.2, -0.15) is 0 Å². The number of aromatic nitrogens is 5. The molecule has 1 saturated heterocycles. The smallest absolute Gasteiger partial charge is 0.352 e. The third-order valence-corrected chi connectivity index (χ3v) is 8.98. The van der Waals surface area contributed by atoms with Crippen LogP contribution in [-0.4, -0.2) is 81.6 Å². The molecule has 0 saturated carbocycles. The van der Waals surface area contributed by atoms with E-state index in [-0.39, 0.29) is 34.6 Å². The van der Waals surface area contributed by atoms with Crippen LogP contribution in [0.2, 0.25) is 0 Å². The number of anilines is 1. The number of carbonyl (C=O) groups is 3. The van der Waals surface area contributed by atoms with Crippen LogP contribution in [-0.2, 0) is 32.4 Å². The number of carboxylic acids is 1. The van der Waals surface area contributed by atoms with Crippen molar-refractivity contribution < 1.29 is 24.3 Å². The highest BCUT2D eigenvalue weighted by atomic mass is 32.2. The molecule has 14 nitrogen and oxygen atoms in total. The van der Waals surface area contributed by atoms with Gasteiger partial charge >= 0.3 is 5.97 Å². The molecule has 0 aliphatic carbocycles. The van der Waals surface area contributed by atoms with Crippen molar-refractivity contribution in [3.63, 3.8) is 0 Å². The van der Waals surface area contributed by atoms with Crippen molar-refractivity contribution in [2.45, 2.75) is 29.7 Å². The zero-order valence-corrected chi connectivity index (χ0v) is 23.7. The van der Waals surface area contributed by atoms with Crippen molar-refractivity contribution in [1.29, 1.82) is 0 Å². The largest absolute Gasteiger partial charge is 0.477 e. The van der Waals surface area contributed by atoms with E-state index in [1.165, 1.54) is 33.1 Å². The molecule has 5 rings (SSSR count). The SMILES string of the molecule is C=CCn1nnnc1SCC1=C(C(=O)O)N2C(=O)C(NC(=O)C(=NOCc3ccccc3)c3csc(N)n3)[C@@H]2SC1. The average Bonchev–Trinajstić information content (AvgIpc) is 3.61. The van der Waals surface area contributed by atoms with Crippen LogP contribution in [0, 0.1) is 0 Å². The molecule has 2 atom stereocenters. The van der Waals surface area contributed by atoms with Crippen LogP contribution in [0.15, 0.2) is 69.9 Å². The number of carboxylic acid groups (broad SMARTS) is 1. The van der Waals surface area contributed by atoms with E-state index in [4.69, 9.17) is 10.6 Å². The lowest BCUT2D eigenvalue weighted by atomic mass is 10.0. The first-order valence-electron chi connectivity index (χ1n) is 12.0. The van der Waals surface area contributed by atoms with Gasteiger partial charge in [-0.05, 0) is 21.6 Å². The number of rotatable bonds is 12. The van der Waals surface area contributed by atoms with Gasteiger partial charge in [0.2, 0.25) is 5.16 Å². The van der Waals surface area contributed by atoms with Crippen LogP contribution >= 0.6 is 34.9 Å². The number of carbonyl (C=O) groups excluding carboxylic acids is 2. The second-order valence-electron chi connectivity index (χ2n) is 8.61. The van der Waals surface area contributed by atoms with Gasteiger partial charge in [0.1, 0.15) is 29.4 Å². The van der Waals surface area contributed by atoms with E-state index < -0.39 is 29.2 Å². The number of aliphatic carboxylic acids is 1. The molecule has 1 aromatic carbocycles. The number of oxime groups is 1. The first kappa shape index (κ1) is 28.3. The summed E-state index contributed by atoms with van der Waals surface area (Å²) < 4.78 is 1.54. The third-order valence-electron chi connectivity index (χ3n) is 5.92. The van der Waals surface area contributed by atoms with Crippen LogP contribution in [0.25, 0.3) is 0 Å². The van der Waals surface area contributed by atoms with E-state index in [0.29, 0.717) is 23.0 Å². The highest BCUT2D eigenvalue weighted by molar-refractivity contribution is 8.01. The van der Waals surface area contributed by atoms with Gasteiger partial charge < -0.3 is 21.0 Å². The normalized spacial score (nSPS) is 18.5. The molecule has 41 heavy (non-hydrogen) atoms. The Hall–Kier alpha value is -4.22. The molecule has 4 N–H and O–H groups in total. The molecule has 2 aliphatic rings. The molecule has 0 bridgehead atoms. The summed E-state index contributed by atoms with van der Waals surface area (Å²) in [7, 11) is 0. The van der Waals surface area contributed by atoms with Crippen molar-refractivity contribution in [3.05, 3.63) is 70.9 Å². The van der Waals surface area contributed by atoms with Gasteiger partial charge in [-0.25, -0.2) is 14.5 Å². The number of nitrogen functional groups attached to an aromatic ring is 1. The molecule has 0 radical (unpaired) electrons. The Labute approximate surface area is 245 Å². The molecule has 1 fully saturated rings. The van der Waals surface area contributed by atoms with E-state index >= 15 is 0 Å². The van der Waals surface area contributed by atoms with E-state index in [1.54, 1.807) is 11.5 Å². The minimum Gasteiger partial charge on any atom is -0.477 e. The Bertz CT molecular complexity index is 1540. The lowest BCUT2D eigenvalue weighted by Crippen LogP contribution is -2.71. The molecule has 2 aromatic heterocycles. The topological polar surface area (TPSA) is 191 Å². The number of allylic oxidation sites excluding steroid dienone is 1. The number of nitrogens with one attached hydrogen (secondary N) is 1. The van der Waals surface area contributed by atoms with Crippen molar-refractivity contribution >= 4 is 63.5 Å². The van der Waals surface area contributed by atoms with Gasteiger partial charge in [0.15, 0.2) is 10.8 Å². The molecular weight excluding hydrogens is 591 g/mol. The fourth-order valence-corrected chi connectivity index (χ4v) is 6.96. The average molecular weight is 614 g/mol. The van der Waals surface area contributed by atoms with Crippen LogP contribution < -0.4 is 11.1 Å². The predicted octanol–water partition coefficient (Wildman–Crippen LogP) is 1.35.